The topological polar surface area (TPSA) is 77.1 Å². The maximum Gasteiger partial charge on any atom is 0.324 e. The highest BCUT2D eigenvalue weighted by molar-refractivity contribution is 5.96. The van der Waals surface area contributed by atoms with E-state index in [0.29, 0.717) is 32.8 Å². The number of hydrogen-bond donors (Lipinski definition) is 1. The van der Waals surface area contributed by atoms with Gasteiger partial charge >= 0.3 is 6.03 Å². The molecule has 3 aliphatic heterocycles. The zero-order chi connectivity index (χ0) is 19.1. The van der Waals surface area contributed by atoms with Crippen LogP contribution in [-0.2, 0) is 14.3 Å². The fourth-order valence-corrected chi connectivity index (χ4v) is 4.67. The van der Waals surface area contributed by atoms with Crippen LogP contribution in [0.25, 0.3) is 5.57 Å². The molecule has 1 aliphatic carbocycles. The fourth-order valence-electron chi connectivity index (χ4n) is 4.67. The van der Waals surface area contributed by atoms with Crippen molar-refractivity contribution in [2.24, 2.45) is 0 Å². The van der Waals surface area contributed by atoms with Gasteiger partial charge in [-0.05, 0) is 12.0 Å². The van der Waals surface area contributed by atoms with E-state index in [4.69, 9.17) is 14.2 Å². The smallest absolute Gasteiger partial charge is 0.324 e. The molecule has 5 rings (SSSR count). The van der Waals surface area contributed by atoms with E-state index in [9.17, 15) is 9.59 Å². The summed E-state index contributed by atoms with van der Waals surface area (Å²) in [4.78, 5) is 25.6. The van der Waals surface area contributed by atoms with Crippen LogP contribution >= 0.6 is 0 Å². The Hall–Kier alpha value is -2.38. The number of carbonyl (C=O) groups is 2. The van der Waals surface area contributed by atoms with Crippen LogP contribution in [0.2, 0.25) is 0 Å². The summed E-state index contributed by atoms with van der Waals surface area (Å²) < 4.78 is 17.7. The summed E-state index contributed by atoms with van der Waals surface area (Å²) in [5.41, 5.74) is 3.34. The zero-order valence-corrected chi connectivity index (χ0v) is 15.7. The SMILES string of the molecule is O=C1CCN(C2CCOc3c(C4=CCC5(CC4)OCCO5)cccc32)C(=O)N1. The number of urea groups is 1. The quantitative estimate of drug-likeness (QED) is 0.848. The minimum Gasteiger partial charge on any atom is -0.492 e. The van der Waals surface area contributed by atoms with Crippen LogP contribution in [0.15, 0.2) is 24.3 Å². The van der Waals surface area contributed by atoms with E-state index in [0.717, 1.165) is 42.6 Å². The first kappa shape index (κ1) is 17.7. The normalized spacial score (nSPS) is 26.5. The van der Waals surface area contributed by atoms with Gasteiger partial charge in [0, 0.05) is 43.4 Å². The molecule has 1 aromatic carbocycles. The third-order valence-electron chi connectivity index (χ3n) is 6.10. The summed E-state index contributed by atoms with van der Waals surface area (Å²) in [5, 5.41) is 2.43. The van der Waals surface area contributed by atoms with Crippen LogP contribution in [0.4, 0.5) is 4.79 Å². The first-order valence-corrected chi connectivity index (χ1v) is 9.99. The Labute approximate surface area is 163 Å². The van der Waals surface area contributed by atoms with Crippen molar-refractivity contribution in [3.8, 4) is 5.75 Å². The summed E-state index contributed by atoms with van der Waals surface area (Å²) in [6, 6.07) is 5.75. The number of para-hydroxylation sites is 1. The van der Waals surface area contributed by atoms with Crippen molar-refractivity contribution in [2.45, 2.75) is 43.9 Å². The lowest BCUT2D eigenvalue weighted by Gasteiger charge is -2.38. The van der Waals surface area contributed by atoms with Gasteiger partial charge in [-0.1, -0.05) is 24.3 Å². The van der Waals surface area contributed by atoms with Gasteiger partial charge in [-0.3, -0.25) is 10.1 Å². The molecule has 0 radical (unpaired) electrons. The number of amides is 3. The number of nitrogens with one attached hydrogen (secondary N) is 1. The number of ether oxygens (including phenoxy) is 3. The van der Waals surface area contributed by atoms with Crippen LogP contribution in [0, 0.1) is 0 Å². The molecule has 1 N–H and O–H groups in total. The molecule has 4 aliphatic rings. The average Bonchev–Trinajstić information content (AvgIpc) is 3.16. The van der Waals surface area contributed by atoms with E-state index >= 15 is 0 Å². The van der Waals surface area contributed by atoms with Crippen molar-refractivity contribution in [2.75, 3.05) is 26.4 Å². The summed E-state index contributed by atoms with van der Waals surface area (Å²) in [6.07, 6.45) is 5.70. The molecule has 0 saturated carbocycles. The second-order valence-corrected chi connectivity index (χ2v) is 7.71. The lowest BCUT2D eigenvalue weighted by atomic mass is 9.86. The van der Waals surface area contributed by atoms with Crippen LogP contribution in [0.5, 0.6) is 5.75 Å². The van der Waals surface area contributed by atoms with Crippen molar-refractivity contribution in [1.82, 2.24) is 10.2 Å². The highest BCUT2D eigenvalue weighted by Gasteiger charge is 2.39. The van der Waals surface area contributed by atoms with Gasteiger partial charge in [0.2, 0.25) is 5.91 Å². The molecule has 148 valence electrons. The number of fused-ring (bicyclic) bond motifs is 1. The van der Waals surface area contributed by atoms with Crippen molar-refractivity contribution < 1.29 is 23.8 Å². The summed E-state index contributed by atoms with van der Waals surface area (Å²) in [5.74, 6) is 0.207. The zero-order valence-electron chi connectivity index (χ0n) is 15.7. The average molecular weight is 384 g/mol. The van der Waals surface area contributed by atoms with Crippen molar-refractivity contribution in [3.05, 3.63) is 35.4 Å². The van der Waals surface area contributed by atoms with Crippen LogP contribution in [-0.4, -0.2) is 49.0 Å². The molecule has 2 fully saturated rings. The van der Waals surface area contributed by atoms with E-state index < -0.39 is 5.79 Å². The first-order chi connectivity index (χ1) is 13.7. The van der Waals surface area contributed by atoms with Crippen LogP contribution in [0.1, 0.15) is 49.3 Å². The van der Waals surface area contributed by atoms with Crippen molar-refractivity contribution in [1.29, 1.82) is 0 Å². The van der Waals surface area contributed by atoms with Gasteiger partial charge in [0.25, 0.3) is 0 Å². The third-order valence-corrected chi connectivity index (χ3v) is 6.10. The van der Waals surface area contributed by atoms with Gasteiger partial charge in [0.1, 0.15) is 5.75 Å². The largest absolute Gasteiger partial charge is 0.492 e. The number of benzene rings is 1. The van der Waals surface area contributed by atoms with E-state index in [-0.39, 0.29) is 18.0 Å². The molecule has 0 bridgehead atoms. The Bertz CT molecular complexity index is 843. The second kappa shape index (κ2) is 6.90. The van der Waals surface area contributed by atoms with Crippen molar-refractivity contribution in [3.63, 3.8) is 0 Å². The number of carbonyl (C=O) groups excluding carboxylic acids is 2. The maximum atomic E-state index is 12.4. The molecule has 28 heavy (non-hydrogen) atoms. The third kappa shape index (κ3) is 2.99. The van der Waals surface area contributed by atoms with Crippen LogP contribution < -0.4 is 10.1 Å². The molecule has 0 aromatic heterocycles. The molecule has 3 amide bonds. The van der Waals surface area contributed by atoms with Gasteiger partial charge in [-0.25, -0.2) is 4.79 Å². The van der Waals surface area contributed by atoms with E-state index in [1.807, 2.05) is 12.1 Å². The summed E-state index contributed by atoms with van der Waals surface area (Å²) in [6.45, 7) is 2.32. The molecule has 1 spiro atoms. The molecular weight excluding hydrogens is 360 g/mol. The van der Waals surface area contributed by atoms with Crippen LogP contribution in [0.3, 0.4) is 0 Å². The molecule has 1 atom stereocenters. The number of allylic oxidation sites excluding steroid dienone is 1. The Kier molecular flexibility index (Phi) is 4.36. The molecular formula is C21H24N2O5. The highest BCUT2D eigenvalue weighted by atomic mass is 16.7. The lowest BCUT2D eigenvalue weighted by Crippen LogP contribution is -2.51. The minimum absolute atomic E-state index is 0.0752. The molecule has 1 unspecified atom stereocenters. The molecule has 3 heterocycles. The van der Waals surface area contributed by atoms with Gasteiger partial charge in [-0.2, -0.15) is 0 Å². The van der Waals surface area contributed by atoms with Gasteiger partial charge in [0.05, 0.1) is 25.9 Å². The first-order valence-electron chi connectivity index (χ1n) is 9.99. The number of hydrogen-bond acceptors (Lipinski definition) is 5. The lowest BCUT2D eigenvalue weighted by molar-refractivity contribution is -0.159. The molecule has 7 nitrogen and oxygen atoms in total. The van der Waals surface area contributed by atoms with E-state index in [2.05, 4.69) is 17.5 Å². The predicted octanol–water partition coefficient (Wildman–Crippen LogP) is 2.76. The van der Waals surface area contributed by atoms with E-state index in [1.165, 1.54) is 5.57 Å². The van der Waals surface area contributed by atoms with Gasteiger partial charge in [-0.15, -0.1) is 0 Å². The fraction of sp³-hybridized carbons (Fsp3) is 0.524. The Morgan fingerprint density at radius 3 is 2.71 bits per heavy atom. The second-order valence-electron chi connectivity index (χ2n) is 7.71. The number of nitrogens with zero attached hydrogens (tertiary/aromatic N) is 1. The molecule has 2 saturated heterocycles. The standard InChI is InChI=1S/C21H24N2O5/c24-18-6-10-23(20(25)22-18)17-7-11-26-19-15(2-1-3-16(17)19)14-4-8-21(9-5-14)27-12-13-28-21/h1-4,17H,5-13H2,(H,22,24,25). The Morgan fingerprint density at radius 2 is 1.96 bits per heavy atom. The molecule has 7 heteroatoms. The highest BCUT2D eigenvalue weighted by Crippen LogP contribution is 2.45. The number of rotatable bonds is 2. The predicted molar refractivity (Wildman–Crippen MR) is 101 cm³/mol. The van der Waals surface area contributed by atoms with Gasteiger partial charge < -0.3 is 19.1 Å². The summed E-state index contributed by atoms with van der Waals surface area (Å²) in [7, 11) is 0. The Morgan fingerprint density at radius 1 is 1.11 bits per heavy atom. The monoisotopic (exact) mass is 384 g/mol. The Balaban J connectivity index is 1.44. The maximum absolute atomic E-state index is 12.4. The van der Waals surface area contributed by atoms with Crippen molar-refractivity contribution >= 4 is 17.5 Å². The molecule has 1 aromatic rings. The van der Waals surface area contributed by atoms with E-state index in [1.54, 1.807) is 4.90 Å². The minimum atomic E-state index is -0.444. The number of imide groups is 1. The van der Waals surface area contributed by atoms with Gasteiger partial charge in [0.15, 0.2) is 5.79 Å². The summed E-state index contributed by atoms with van der Waals surface area (Å²) >= 11 is 0.